The maximum Gasteiger partial charge on any atom is 0.257 e. The number of amides is 1. The minimum Gasteiger partial charge on any atom is -0.329 e. The number of anilines is 1. The largest absolute Gasteiger partial charge is 0.329 e. The van der Waals surface area contributed by atoms with E-state index in [1.54, 1.807) is 36.4 Å². The van der Waals surface area contributed by atoms with Crippen molar-refractivity contribution in [2.75, 3.05) is 5.32 Å². The minimum atomic E-state index is -0.294. The van der Waals surface area contributed by atoms with Crippen molar-refractivity contribution in [2.24, 2.45) is 0 Å². The molecule has 0 atom stereocenters. The first-order valence-corrected chi connectivity index (χ1v) is 7.75. The summed E-state index contributed by atoms with van der Waals surface area (Å²) in [6.07, 6.45) is 0. The summed E-state index contributed by atoms with van der Waals surface area (Å²) in [4.78, 5) is 12.0. The van der Waals surface area contributed by atoms with E-state index in [4.69, 9.17) is 23.8 Å². The highest BCUT2D eigenvalue weighted by atomic mass is 35.5. The molecule has 22 heavy (non-hydrogen) atoms. The van der Waals surface area contributed by atoms with Crippen molar-refractivity contribution in [3.8, 4) is 0 Å². The zero-order chi connectivity index (χ0) is 15.5. The van der Waals surface area contributed by atoms with Gasteiger partial charge in [-0.3, -0.25) is 10.1 Å². The van der Waals surface area contributed by atoms with Gasteiger partial charge in [0.2, 0.25) is 0 Å². The highest BCUT2D eigenvalue weighted by molar-refractivity contribution is 7.80. The minimum absolute atomic E-state index is 0.149. The van der Waals surface area contributed by atoms with Crippen molar-refractivity contribution in [2.45, 2.75) is 0 Å². The lowest BCUT2D eigenvalue weighted by atomic mass is 10.2. The van der Waals surface area contributed by atoms with E-state index in [0.717, 1.165) is 11.7 Å². The molecule has 0 saturated carbocycles. The third kappa shape index (κ3) is 3.06. The number of nitrogens with zero attached hydrogens (tertiary/aromatic N) is 2. The summed E-state index contributed by atoms with van der Waals surface area (Å²) in [6.45, 7) is 0. The van der Waals surface area contributed by atoms with Gasteiger partial charge in [0.1, 0.15) is 11.0 Å². The van der Waals surface area contributed by atoms with Crippen molar-refractivity contribution < 1.29 is 4.79 Å². The third-order valence-corrected chi connectivity index (χ3v) is 3.94. The summed E-state index contributed by atoms with van der Waals surface area (Å²) in [5.74, 6) is -0.294. The van der Waals surface area contributed by atoms with Crippen LogP contribution in [0.25, 0.3) is 11.0 Å². The van der Waals surface area contributed by atoms with Crippen LogP contribution in [0.5, 0.6) is 0 Å². The number of hydrogen-bond acceptors (Lipinski definition) is 5. The molecular formula is C14H9ClN4OS2. The van der Waals surface area contributed by atoms with Gasteiger partial charge in [0.15, 0.2) is 5.11 Å². The Morgan fingerprint density at radius 1 is 1.14 bits per heavy atom. The standard InChI is InChI=1S/C14H9ClN4OS2/c15-9-6-7-10-12(19-22-18-10)11(9)16-14(21)17-13(20)8-4-2-1-3-5-8/h1-7H,(H2,16,17,20,21). The Hall–Kier alpha value is -2.09. The first-order chi connectivity index (χ1) is 10.6. The fourth-order valence-corrected chi connectivity index (χ4v) is 2.79. The summed E-state index contributed by atoms with van der Waals surface area (Å²) < 4.78 is 8.32. The Labute approximate surface area is 140 Å². The molecule has 2 N–H and O–H groups in total. The average Bonchev–Trinajstić information content (AvgIpc) is 3.00. The second-order valence-corrected chi connectivity index (χ2v) is 5.67. The smallest absolute Gasteiger partial charge is 0.257 e. The molecule has 1 heterocycles. The Balaban J connectivity index is 1.78. The lowest BCUT2D eigenvalue weighted by molar-refractivity contribution is 0.0977. The van der Waals surface area contributed by atoms with Crippen molar-refractivity contribution in [1.29, 1.82) is 0 Å². The molecule has 0 spiro atoms. The van der Waals surface area contributed by atoms with Gasteiger partial charge in [-0.2, -0.15) is 8.75 Å². The van der Waals surface area contributed by atoms with Crippen molar-refractivity contribution in [3.63, 3.8) is 0 Å². The number of carbonyl (C=O) groups is 1. The molecule has 8 heteroatoms. The van der Waals surface area contributed by atoms with E-state index in [9.17, 15) is 4.79 Å². The Kier molecular flexibility index (Phi) is 4.28. The van der Waals surface area contributed by atoms with Crippen LogP contribution in [0.2, 0.25) is 5.02 Å². The first kappa shape index (κ1) is 14.8. The molecule has 3 rings (SSSR count). The van der Waals surface area contributed by atoms with Crippen LogP contribution in [0.3, 0.4) is 0 Å². The van der Waals surface area contributed by atoms with Crippen molar-refractivity contribution in [1.82, 2.24) is 14.1 Å². The van der Waals surface area contributed by atoms with Crippen LogP contribution in [0.15, 0.2) is 42.5 Å². The molecule has 2 aromatic carbocycles. The van der Waals surface area contributed by atoms with Crippen LogP contribution in [0, 0.1) is 0 Å². The predicted molar refractivity (Wildman–Crippen MR) is 92.6 cm³/mol. The average molecular weight is 349 g/mol. The van der Waals surface area contributed by atoms with Crippen LogP contribution in [-0.2, 0) is 0 Å². The van der Waals surface area contributed by atoms with Gasteiger partial charge in [-0.1, -0.05) is 29.8 Å². The molecule has 0 fully saturated rings. The van der Waals surface area contributed by atoms with E-state index in [1.165, 1.54) is 0 Å². The van der Waals surface area contributed by atoms with Gasteiger partial charge in [0.25, 0.3) is 5.91 Å². The van der Waals surface area contributed by atoms with Crippen molar-refractivity contribution >= 4 is 63.3 Å². The van der Waals surface area contributed by atoms with Crippen molar-refractivity contribution in [3.05, 3.63) is 53.1 Å². The molecular weight excluding hydrogens is 340 g/mol. The second kappa shape index (κ2) is 6.35. The SMILES string of the molecule is O=C(NC(=S)Nc1c(Cl)ccc2nsnc12)c1ccccc1. The van der Waals surface area contributed by atoms with E-state index in [0.29, 0.717) is 27.3 Å². The fraction of sp³-hybridized carbons (Fsp3) is 0. The number of benzene rings is 2. The normalized spacial score (nSPS) is 10.4. The molecule has 0 unspecified atom stereocenters. The van der Waals surface area contributed by atoms with Gasteiger partial charge < -0.3 is 5.32 Å². The summed E-state index contributed by atoms with van der Waals surface area (Å²) >= 11 is 12.4. The highest BCUT2D eigenvalue weighted by Crippen LogP contribution is 2.29. The summed E-state index contributed by atoms with van der Waals surface area (Å²) in [5.41, 5.74) is 2.39. The summed E-state index contributed by atoms with van der Waals surface area (Å²) in [6, 6.07) is 12.3. The van der Waals surface area contributed by atoms with E-state index in [2.05, 4.69) is 19.4 Å². The molecule has 1 amide bonds. The highest BCUT2D eigenvalue weighted by Gasteiger charge is 2.13. The zero-order valence-electron chi connectivity index (χ0n) is 11.0. The summed E-state index contributed by atoms with van der Waals surface area (Å²) in [7, 11) is 0. The number of nitrogens with one attached hydrogen (secondary N) is 2. The first-order valence-electron chi connectivity index (χ1n) is 6.23. The lowest BCUT2D eigenvalue weighted by Gasteiger charge is -2.11. The van der Waals surface area contributed by atoms with Crippen LogP contribution < -0.4 is 10.6 Å². The number of hydrogen-bond donors (Lipinski definition) is 2. The molecule has 1 aromatic heterocycles. The Morgan fingerprint density at radius 2 is 1.91 bits per heavy atom. The van der Waals surface area contributed by atoms with Gasteiger partial charge in [0.05, 0.1) is 22.4 Å². The maximum absolute atomic E-state index is 12.0. The van der Waals surface area contributed by atoms with Gasteiger partial charge in [0, 0.05) is 5.56 Å². The number of carbonyl (C=O) groups excluding carboxylic acids is 1. The number of aromatic nitrogens is 2. The molecule has 0 bridgehead atoms. The number of halogens is 1. The molecule has 0 aliphatic heterocycles. The monoisotopic (exact) mass is 348 g/mol. The molecule has 0 aliphatic rings. The topological polar surface area (TPSA) is 66.9 Å². The molecule has 5 nitrogen and oxygen atoms in total. The van der Waals surface area contributed by atoms with Gasteiger partial charge in [-0.05, 0) is 36.5 Å². The second-order valence-electron chi connectivity index (χ2n) is 4.33. The van der Waals surface area contributed by atoms with Gasteiger partial charge in [-0.25, -0.2) is 0 Å². The van der Waals surface area contributed by atoms with E-state index in [1.807, 2.05) is 6.07 Å². The van der Waals surface area contributed by atoms with E-state index in [-0.39, 0.29) is 11.0 Å². The maximum atomic E-state index is 12.0. The Morgan fingerprint density at radius 3 is 2.68 bits per heavy atom. The van der Waals surface area contributed by atoms with Crippen LogP contribution >= 0.6 is 35.5 Å². The fourth-order valence-electron chi connectivity index (χ4n) is 1.86. The van der Waals surface area contributed by atoms with E-state index >= 15 is 0 Å². The molecule has 3 aromatic rings. The lowest BCUT2D eigenvalue weighted by Crippen LogP contribution is -2.34. The van der Waals surface area contributed by atoms with Crippen LogP contribution in [0.1, 0.15) is 10.4 Å². The third-order valence-electron chi connectivity index (χ3n) is 2.88. The predicted octanol–water partition coefficient (Wildman–Crippen LogP) is 3.47. The number of rotatable bonds is 2. The number of fused-ring (bicyclic) bond motifs is 1. The van der Waals surface area contributed by atoms with Gasteiger partial charge in [-0.15, -0.1) is 0 Å². The zero-order valence-corrected chi connectivity index (χ0v) is 13.4. The van der Waals surface area contributed by atoms with Gasteiger partial charge >= 0.3 is 0 Å². The summed E-state index contributed by atoms with van der Waals surface area (Å²) in [5, 5.41) is 6.12. The molecule has 110 valence electrons. The van der Waals surface area contributed by atoms with Crippen LogP contribution in [-0.4, -0.2) is 19.8 Å². The van der Waals surface area contributed by atoms with E-state index < -0.39 is 0 Å². The quantitative estimate of drug-likeness (QED) is 0.694. The molecule has 0 radical (unpaired) electrons. The number of thiocarbonyl (C=S) groups is 1. The molecule has 0 saturated heterocycles. The molecule has 0 aliphatic carbocycles. The van der Waals surface area contributed by atoms with Crippen LogP contribution in [0.4, 0.5) is 5.69 Å². The Bertz CT molecular complexity index is 850.